The minimum absolute atomic E-state index is 0.0223. The van der Waals surface area contributed by atoms with Crippen LogP contribution in [0.5, 0.6) is 0 Å². The Kier molecular flexibility index (Phi) is 9.84. The molecule has 2 aliphatic heterocycles. The fourth-order valence-corrected chi connectivity index (χ4v) is 13.2. The van der Waals surface area contributed by atoms with E-state index in [1.807, 2.05) is 11.8 Å². The van der Waals surface area contributed by atoms with Crippen LogP contribution >= 0.6 is 11.8 Å². The minimum atomic E-state index is -0.0223. The van der Waals surface area contributed by atoms with E-state index in [-0.39, 0.29) is 6.04 Å². The van der Waals surface area contributed by atoms with E-state index in [0.717, 1.165) is 99.9 Å². The summed E-state index contributed by atoms with van der Waals surface area (Å²) in [5, 5.41) is 14.2. The Labute approximate surface area is 447 Å². The lowest BCUT2D eigenvalue weighted by molar-refractivity contribution is 0.835. The lowest BCUT2D eigenvalue weighted by atomic mass is 9.96. The molecule has 0 fully saturated rings. The largest absolute Gasteiger partial charge is 0.344 e. The summed E-state index contributed by atoms with van der Waals surface area (Å²) in [6, 6.07) is 89.2. The molecule has 5 heterocycles. The van der Waals surface area contributed by atoms with Gasteiger partial charge in [0.2, 0.25) is 11.9 Å². The number of hydrogen-bond donors (Lipinski definition) is 1. The molecule has 0 bridgehead atoms. The first kappa shape index (κ1) is 43.6. The van der Waals surface area contributed by atoms with Gasteiger partial charge in [-0.3, -0.25) is 9.13 Å². The van der Waals surface area contributed by atoms with E-state index >= 15 is 0 Å². The summed E-state index contributed by atoms with van der Waals surface area (Å²) < 4.78 is 4.58. The van der Waals surface area contributed by atoms with Gasteiger partial charge >= 0.3 is 0 Å². The summed E-state index contributed by atoms with van der Waals surface area (Å²) in [4.78, 5) is 18.9. The Morgan fingerprint density at radius 2 is 0.935 bits per heavy atom. The number of hydrogen-bond acceptors (Lipinski definition) is 5. The SMILES string of the molecule is C1=C(c2ccccc2)SC2=C(c3ccccc3)N=C(n3c4ccccc4c4cc(-c5cccc(-c6ccc7c(c6)c6c8ccccc8ccc6n7-c6nc(-c7ccccc7)c7ccc8ccccc8c7n6)c5)ccc43)NC12. The molecule has 0 aliphatic carbocycles. The van der Waals surface area contributed by atoms with Crippen molar-refractivity contribution in [2.45, 2.75) is 6.04 Å². The number of aromatic nitrogens is 4. The molecule has 11 aromatic carbocycles. The number of benzene rings is 11. The van der Waals surface area contributed by atoms with Gasteiger partial charge in [0.25, 0.3) is 0 Å². The lowest BCUT2D eigenvalue weighted by Gasteiger charge is -2.25. The van der Waals surface area contributed by atoms with Crippen molar-refractivity contribution in [3.63, 3.8) is 0 Å². The van der Waals surface area contributed by atoms with Crippen LogP contribution in [0.3, 0.4) is 0 Å². The standard InChI is InChI=1S/C70H44N6S/c1-4-19-45(20-5-1)63-42-58-68(77-63)66(47-23-8-3-9-24-47)73-69(71-58)75-59-30-15-14-29-54(59)56-40-50(33-36-60(56)75)48-25-16-26-49(39-48)51-34-37-61-57(41-51)64-52-27-12-10-17-43(52)32-38-62(64)76(61)70-72-65(46-21-6-2-7-22-46)55-35-31-44-18-11-13-28-53(44)67(55)74-70/h1-42,58H,(H,71,73). The van der Waals surface area contributed by atoms with Gasteiger partial charge in [0, 0.05) is 53.3 Å². The predicted molar refractivity (Wildman–Crippen MR) is 323 cm³/mol. The second-order valence-corrected chi connectivity index (χ2v) is 21.1. The van der Waals surface area contributed by atoms with E-state index in [0.29, 0.717) is 5.95 Å². The Hall–Kier alpha value is -9.82. The van der Waals surface area contributed by atoms with Gasteiger partial charge in [-0.15, -0.1) is 0 Å². The summed E-state index contributed by atoms with van der Waals surface area (Å²) in [7, 11) is 0. The van der Waals surface area contributed by atoms with Crippen LogP contribution < -0.4 is 5.32 Å². The fraction of sp³-hybridized carbons (Fsp3) is 0.0143. The van der Waals surface area contributed by atoms with E-state index in [1.54, 1.807) is 0 Å². The molecular weight excluding hydrogens is 957 g/mol. The van der Waals surface area contributed by atoms with Gasteiger partial charge in [0.15, 0.2) is 0 Å². The molecule has 0 amide bonds. The number of thioether (sulfide) groups is 1. The second kappa shape index (κ2) is 17.4. The topological polar surface area (TPSA) is 60.0 Å². The highest BCUT2D eigenvalue weighted by Crippen LogP contribution is 2.48. The maximum atomic E-state index is 5.49. The molecule has 1 N–H and O–H groups in total. The van der Waals surface area contributed by atoms with E-state index in [4.69, 9.17) is 15.0 Å². The molecular formula is C70H44N6S. The summed E-state index contributed by atoms with van der Waals surface area (Å²) in [5.41, 5.74) is 15.1. The molecule has 1 atom stereocenters. The fourth-order valence-electron chi connectivity index (χ4n) is 12.0. The highest BCUT2D eigenvalue weighted by atomic mass is 32.2. The number of nitrogens with one attached hydrogen (secondary N) is 1. The number of rotatable bonds is 6. The minimum Gasteiger partial charge on any atom is -0.344 e. The lowest BCUT2D eigenvalue weighted by Crippen LogP contribution is -2.40. The summed E-state index contributed by atoms with van der Waals surface area (Å²) in [5.74, 6) is 1.46. The third kappa shape index (κ3) is 7.01. The monoisotopic (exact) mass is 1000 g/mol. The average molecular weight is 1000 g/mol. The van der Waals surface area contributed by atoms with Crippen molar-refractivity contribution in [1.29, 1.82) is 0 Å². The smallest absolute Gasteiger partial charge is 0.235 e. The van der Waals surface area contributed by atoms with Crippen LogP contribution in [0.15, 0.2) is 265 Å². The Morgan fingerprint density at radius 1 is 0.377 bits per heavy atom. The van der Waals surface area contributed by atoms with Gasteiger partial charge in [-0.05, 0) is 98.6 Å². The second-order valence-electron chi connectivity index (χ2n) is 20.0. The summed E-state index contributed by atoms with van der Waals surface area (Å²) in [6.07, 6.45) is 2.35. The van der Waals surface area contributed by atoms with Gasteiger partial charge in [-0.25, -0.2) is 15.0 Å². The average Bonchev–Trinajstić information content (AvgIpc) is 4.22. The molecule has 1 unspecified atom stereocenters. The highest BCUT2D eigenvalue weighted by molar-refractivity contribution is 8.12. The van der Waals surface area contributed by atoms with Crippen LogP contribution in [0, 0.1) is 0 Å². The first-order valence-corrected chi connectivity index (χ1v) is 26.9. The quantitative estimate of drug-likeness (QED) is 0.169. The molecule has 3 aromatic heterocycles. The Morgan fingerprint density at radius 3 is 1.69 bits per heavy atom. The third-order valence-corrected chi connectivity index (χ3v) is 16.8. The predicted octanol–water partition coefficient (Wildman–Crippen LogP) is 17.5. The molecule has 0 saturated heterocycles. The molecule has 6 nitrogen and oxygen atoms in total. The van der Waals surface area contributed by atoms with Gasteiger partial charge in [0.1, 0.15) is 0 Å². The van der Waals surface area contributed by atoms with Crippen molar-refractivity contribution in [2.24, 2.45) is 4.99 Å². The van der Waals surface area contributed by atoms with Crippen LogP contribution in [0.4, 0.5) is 0 Å². The molecule has 0 radical (unpaired) electrons. The zero-order chi connectivity index (χ0) is 50.6. The number of para-hydroxylation sites is 1. The van der Waals surface area contributed by atoms with Gasteiger partial charge < -0.3 is 5.32 Å². The van der Waals surface area contributed by atoms with Gasteiger partial charge in [-0.2, -0.15) is 0 Å². The molecule has 16 rings (SSSR count). The van der Waals surface area contributed by atoms with E-state index < -0.39 is 0 Å². The summed E-state index contributed by atoms with van der Waals surface area (Å²) in [6.45, 7) is 0. The number of fused-ring (bicyclic) bond motifs is 12. The van der Waals surface area contributed by atoms with E-state index in [9.17, 15) is 0 Å². The third-order valence-electron chi connectivity index (χ3n) is 15.6. The van der Waals surface area contributed by atoms with Crippen molar-refractivity contribution in [3.05, 3.63) is 271 Å². The zero-order valence-electron chi connectivity index (χ0n) is 41.5. The van der Waals surface area contributed by atoms with Crippen molar-refractivity contribution >= 4 is 104 Å². The van der Waals surface area contributed by atoms with Crippen LogP contribution in [0.1, 0.15) is 11.1 Å². The Balaban J connectivity index is 0.827. The van der Waals surface area contributed by atoms with Crippen molar-refractivity contribution in [2.75, 3.05) is 0 Å². The normalized spacial score (nSPS) is 14.5. The van der Waals surface area contributed by atoms with Gasteiger partial charge in [-0.1, -0.05) is 212 Å². The maximum Gasteiger partial charge on any atom is 0.235 e. The first-order chi connectivity index (χ1) is 38.2. The molecule has 360 valence electrons. The Bertz CT molecular complexity index is 4860. The molecule has 0 spiro atoms. The molecule has 14 aromatic rings. The number of aliphatic imine (C=N–C) groups is 1. The highest BCUT2D eigenvalue weighted by Gasteiger charge is 2.33. The van der Waals surface area contributed by atoms with E-state index in [2.05, 4.69) is 269 Å². The molecule has 7 heteroatoms. The van der Waals surface area contributed by atoms with Crippen LogP contribution in [0.2, 0.25) is 0 Å². The molecule has 77 heavy (non-hydrogen) atoms. The number of nitrogens with zero attached hydrogens (tertiary/aromatic N) is 5. The first-order valence-electron chi connectivity index (χ1n) is 26.1. The summed E-state index contributed by atoms with van der Waals surface area (Å²) >= 11 is 1.81. The van der Waals surface area contributed by atoms with Crippen molar-refractivity contribution in [3.8, 4) is 39.5 Å². The van der Waals surface area contributed by atoms with Crippen molar-refractivity contribution < 1.29 is 0 Å². The van der Waals surface area contributed by atoms with Crippen LogP contribution in [-0.4, -0.2) is 31.1 Å². The maximum absolute atomic E-state index is 5.49. The molecule has 0 saturated carbocycles. The van der Waals surface area contributed by atoms with Crippen LogP contribution in [0.25, 0.3) is 126 Å². The zero-order valence-corrected chi connectivity index (χ0v) is 42.3. The van der Waals surface area contributed by atoms with E-state index in [1.165, 1.54) is 42.3 Å². The van der Waals surface area contributed by atoms with Gasteiger partial charge in [0.05, 0.1) is 45.0 Å². The molecule has 2 aliphatic rings. The van der Waals surface area contributed by atoms with Crippen LogP contribution in [-0.2, 0) is 0 Å². The van der Waals surface area contributed by atoms with Crippen molar-refractivity contribution in [1.82, 2.24) is 24.4 Å².